The molecule has 6 heteroatoms. The fourth-order valence-electron chi connectivity index (χ4n) is 2.56. The van der Waals surface area contributed by atoms with E-state index in [2.05, 4.69) is 22.3 Å². The molecule has 0 bridgehead atoms. The molecule has 1 aliphatic rings. The Kier molecular flexibility index (Phi) is 3.24. The Hall–Kier alpha value is -1.30. The van der Waals surface area contributed by atoms with Gasteiger partial charge in [-0.2, -0.15) is 4.80 Å². The molecule has 1 fully saturated rings. The van der Waals surface area contributed by atoms with Crippen molar-refractivity contribution in [1.82, 2.24) is 20.2 Å². The Morgan fingerprint density at radius 3 is 3.00 bits per heavy atom. The largest absolute Gasteiger partial charge is 0.319 e. The van der Waals surface area contributed by atoms with Gasteiger partial charge in [0, 0.05) is 0 Å². The van der Waals surface area contributed by atoms with E-state index in [1.807, 2.05) is 0 Å². The standard InChI is InChI=1S/C11H19N5O/c1-8-4-3-5-11(12,7-8)9(17)6-10-13-15-16(2)14-10/h8H,3-7,12H2,1-2H3. The maximum absolute atomic E-state index is 12.2. The van der Waals surface area contributed by atoms with Crippen LogP contribution in [0.4, 0.5) is 0 Å². The molecule has 94 valence electrons. The molecule has 6 nitrogen and oxygen atoms in total. The van der Waals surface area contributed by atoms with Crippen molar-refractivity contribution in [2.45, 2.75) is 44.6 Å². The third-order valence-electron chi connectivity index (χ3n) is 3.46. The third-order valence-corrected chi connectivity index (χ3v) is 3.46. The van der Waals surface area contributed by atoms with Crippen molar-refractivity contribution < 1.29 is 4.79 Å². The lowest BCUT2D eigenvalue weighted by atomic mass is 9.74. The van der Waals surface area contributed by atoms with Crippen LogP contribution >= 0.6 is 0 Å². The first-order chi connectivity index (χ1) is 7.99. The van der Waals surface area contributed by atoms with Crippen LogP contribution in [0.2, 0.25) is 0 Å². The fraction of sp³-hybridized carbons (Fsp3) is 0.818. The molecular weight excluding hydrogens is 218 g/mol. The number of nitrogens with zero attached hydrogens (tertiary/aromatic N) is 4. The first-order valence-electron chi connectivity index (χ1n) is 6.05. The summed E-state index contributed by atoms with van der Waals surface area (Å²) in [5.74, 6) is 1.02. The summed E-state index contributed by atoms with van der Waals surface area (Å²) in [6, 6.07) is 0. The molecule has 2 unspecified atom stereocenters. The van der Waals surface area contributed by atoms with Gasteiger partial charge in [-0.3, -0.25) is 4.79 Å². The molecule has 0 radical (unpaired) electrons. The number of hydrogen-bond acceptors (Lipinski definition) is 5. The van der Waals surface area contributed by atoms with Gasteiger partial charge in [-0.05, 0) is 24.0 Å². The van der Waals surface area contributed by atoms with Gasteiger partial charge < -0.3 is 5.73 Å². The molecule has 2 rings (SSSR count). The van der Waals surface area contributed by atoms with Gasteiger partial charge in [-0.1, -0.05) is 19.8 Å². The minimum atomic E-state index is -0.684. The van der Waals surface area contributed by atoms with Gasteiger partial charge in [0.25, 0.3) is 0 Å². The van der Waals surface area contributed by atoms with Gasteiger partial charge in [0.15, 0.2) is 11.6 Å². The summed E-state index contributed by atoms with van der Waals surface area (Å²) in [7, 11) is 1.68. The number of carbonyl (C=O) groups excluding carboxylic acids is 1. The van der Waals surface area contributed by atoms with Crippen LogP contribution in [-0.4, -0.2) is 31.5 Å². The highest BCUT2D eigenvalue weighted by molar-refractivity contribution is 5.89. The van der Waals surface area contributed by atoms with E-state index in [4.69, 9.17) is 5.73 Å². The number of rotatable bonds is 3. The van der Waals surface area contributed by atoms with Crippen LogP contribution in [-0.2, 0) is 18.3 Å². The minimum absolute atomic E-state index is 0.0389. The van der Waals surface area contributed by atoms with Crippen molar-refractivity contribution >= 4 is 5.78 Å². The minimum Gasteiger partial charge on any atom is -0.319 e. The van der Waals surface area contributed by atoms with Crippen LogP contribution < -0.4 is 5.73 Å². The van der Waals surface area contributed by atoms with Crippen molar-refractivity contribution in [2.75, 3.05) is 0 Å². The smallest absolute Gasteiger partial charge is 0.182 e. The van der Waals surface area contributed by atoms with Gasteiger partial charge in [0.05, 0.1) is 19.0 Å². The summed E-state index contributed by atoms with van der Waals surface area (Å²) in [5, 5.41) is 11.6. The van der Waals surface area contributed by atoms with Crippen LogP contribution in [0.5, 0.6) is 0 Å². The molecular formula is C11H19N5O. The number of ketones is 1. The van der Waals surface area contributed by atoms with Gasteiger partial charge in [0.2, 0.25) is 0 Å². The van der Waals surface area contributed by atoms with E-state index in [0.717, 1.165) is 25.7 Å². The van der Waals surface area contributed by atoms with Crippen LogP contribution in [0.1, 0.15) is 38.4 Å². The summed E-state index contributed by atoms with van der Waals surface area (Å²) in [6.45, 7) is 2.15. The Balaban J connectivity index is 2.03. The van der Waals surface area contributed by atoms with Gasteiger partial charge in [-0.25, -0.2) is 0 Å². The Morgan fingerprint density at radius 1 is 1.65 bits per heavy atom. The fourth-order valence-corrected chi connectivity index (χ4v) is 2.56. The second-order valence-corrected chi connectivity index (χ2v) is 5.15. The molecule has 17 heavy (non-hydrogen) atoms. The lowest BCUT2D eigenvalue weighted by Gasteiger charge is -2.35. The zero-order chi connectivity index (χ0) is 12.5. The normalized spacial score (nSPS) is 29.2. The predicted molar refractivity (Wildman–Crippen MR) is 62.1 cm³/mol. The highest BCUT2D eigenvalue weighted by atomic mass is 16.1. The SMILES string of the molecule is CC1CCCC(N)(C(=O)Cc2nnn(C)n2)C1. The molecule has 0 saturated heterocycles. The second kappa shape index (κ2) is 4.52. The van der Waals surface area contributed by atoms with E-state index < -0.39 is 5.54 Å². The van der Waals surface area contributed by atoms with Crippen molar-refractivity contribution in [1.29, 1.82) is 0 Å². The molecule has 1 aromatic heterocycles. The zero-order valence-electron chi connectivity index (χ0n) is 10.4. The summed E-state index contributed by atoms with van der Waals surface area (Å²) in [4.78, 5) is 13.6. The summed E-state index contributed by atoms with van der Waals surface area (Å²) in [6.07, 6.45) is 3.92. The van der Waals surface area contributed by atoms with E-state index in [1.54, 1.807) is 7.05 Å². The van der Waals surface area contributed by atoms with E-state index >= 15 is 0 Å². The number of nitrogens with two attached hydrogens (primary N) is 1. The van der Waals surface area contributed by atoms with Crippen LogP contribution in [0.3, 0.4) is 0 Å². The van der Waals surface area contributed by atoms with Gasteiger partial charge in [0.1, 0.15) is 0 Å². The number of aryl methyl sites for hydroxylation is 1. The van der Waals surface area contributed by atoms with Crippen LogP contribution in [0, 0.1) is 5.92 Å². The number of carbonyl (C=O) groups is 1. The van der Waals surface area contributed by atoms with Crippen molar-refractivity contribution in [3.05, 3.63) is 5.82 Å². The number of aromatic nitrogens is 4. The van der Waals surface area contributed by atoms with E-state index in [0.29, 0.717) is 11.7 Å². The molecule has 0 spiro atoms. The third kappa shape index (κ3) is 2.69. The summed E-state index contributed by atoms with van der Waals surface area (Å²) >= 11 is 0. The highest BCUT2D eigenvalue weighted by Gasteiger charge is 2.37. The molecule has 1 aliphatic carbocycles. The van der Waals surface area contributed by atoms with E-state index in [1.165, 1.54) is 4.80 Å². The molecule has 1 heterocycles. The Labute approximate surface area is 101 Å². The molecule has 2 atom stereocenters. The second-order valence-electron chi connectivity index (χ2n) is 5.15. The molecule has 1 saturated carbocycles. The first-order valence-corrected chi connectivity index (χ1v) is 6.05. The molecule has 0 aliphatic heterocycles. The zero-order valence-corrected chi connectivity index (χ0v) is 10.4. The van der Waals surface area contributed by atoms with Crippen LogP contribution in [0.25, 0.3) is 0 Å². The molecule has 1 aromatic rings. The van der Waals surface area contributed by atoms with Crippen LogP contribution in [0.15, 0.2) is 0 Å². The number of hydrogen-bond donors (Lipinski definition) is 1. The average Bonchev–Trinajstić information content (AvgIpc) is 2.63. The topological polar surface area (TPSA) is 86.7 Å². The average molecular weight is 237 g/mol. The highest BCUT2D eigenvalue weighted by Crippen LogP contribution is 2.31. The van der Waals surface area contributed by atoms with Crippen molar-refractivity contribution in [2.24, 2.45) is 18.7 Å². The number of Topliss-reactive ketones (excluding diaryl/α,β-unsaturated/α-hetero) is 1. The Morgan fingerprint density at radius 2 is 2.41 bits per heavy atom. The maximum atomic E-state index is 12.2. The predicted octanol–water partition coefficient (Wildman–Crippen LogP) is 0.229. The molecule has 0 aromatic carbocycles. The summed E-state index contributed by atoms with van der Waals surface area (Å²) in [5.41, 5.74) is 5.53. The van der Waals surface area contributed by atoms with E-state index in [-0.39, 0.29) is 12.2 Å². The monoisotopic (exact) mass is 237 g/mol. The first kappa shape index (κ1) is 12.2. The van der Waals surface area contributed by atoms with Crippen molar-refractivity contribution in [3.8, 4) is 0 Å². The molecule has 0 amide bonds. The summed E-state index contributed by atoms with van der Waals surface area (Å²) < 4.78 is 0. The lowest BCUT2D eigenvalue weighted by Crippen LogP contribution is -2.51. The van der Waals surface area contributed by atoms with Crippen molar-refractivity contribution in [3.63, 3.8) is 0 Å². The van der Waals surface area contributed by atoms with Gasteiger partial charge in [-0.15, -0.1) is 10.2 Å². The maximum Gasteiger partial charge on any atom is 0.182 e. The quantitative estimate of drug-likeness (QED) is 0.813. The van der Waals surface area contributed by atoms with E-state index in [9.17, 15) is 4.79 Å². The lowest BCUT2D eigenvalue weighted by molar-refractivity contribution is -0.125. The van der Waals surface area contributed by atoms with Gasteiger partial charge >= 0.3 is 0 Å². The molecule has 2 N–H and O–H groups in total. The Bertz CT molecular complexity index is 416. The number of tetrazole rings is 1.